The highest BCUT2D eigenvalue weighted by atomic mass is 19.1. The van der Waals surface area contributed by atoms with Crippen LogP contribution < -0.4 is 5.32 Å². The maximum Gasteiger partial charge on any atom is 0.127 e. The van der Waals surface area contributed by atoms with Gasteiger partial charge < -0.3 is 5.32 Å². The molecule has 0 bridgehead atoms. The first-order valence-electron chi connectivity index (χ1n) is 7.27. The van der Waals surface area contributed by atoms with Crippen LogP contribution in [0.5, 0.6) is 0 Å². The van der Waals surface area contributed by atoms with Crippen LogP contribution in [0, 0.1) is 11.7 Å². The summed E-state index contributed by atoms with van der Waals surface area (Å²) >= 11 is 0. The van der Waals surface area contributed by atoms with E-state index in [1.165, 1.54) is 0 Å². The van der Waals surface area contributed by atoms with Gasteiger partial charge in [0.2, 0.25) is 0 Å². The van der Waals surface area contributed by atoms with E-state index in [4.69, 9.17) is 0 Å². The van der Waals surface area contributed by atoms with Gasteiger partial charge in [-0.3, -0.25) is 4.90 Å². The Hall–Kier alpha value is -0.930. The van der Waals surface area contributed by atoms with Gasteiger partial charge in [-0.1, -0.05) is 39.8 Å². The Bertz CT molecular complexity index is 373. The van der Waals surface area contributed by atoms with E-state index in [2.05, 4.69) is 37.9 Å². The molecule has 1 rings (SSSR count). The number of halogens is 1. The predicted molar refractivity (Wildman–Crippen MR) is 79.6 cm³/mol. The summed E-state index contributed by atoms with van der Waals surface area (Å²) in [7, 11) is 0. The monoisotopic (exact) mass is 266 g/mol. The first kappa shape index (κ1) is 16.1. The molecule has 0 aliphatic heterocycles. The molecule has 3 heteroatoms. The SMILES string of the molecule is CCN(CC)Cc1cc(CNCC(C)C)ccc1F. The van der Waals surface area contributed by atoms with E-state index in [1.807, 2.05) is 12.1 Å². The normalized spacial score (nSPS) is 11.5. The molecule has 0 aromatic heterocycles. The number of nitrogens with zero attached hydrogens (tertiary/aromatic N) is 1. The summed E-state index contributed by atoms with van der Waals surface area (Å²) in [5.41, 5.74) is 1.96. The summed E-state index contributed by atoms with van der Waals surface area (Å²) in [6.45, 7) is 13.0. The lowest BCUT2D eigenvalue weighted by Crippen LogP contribution is -2.23. The summed E-state index contributed by atoms with van der Waals surface area (Å²) in [6, 6.07) is 5.45. The van der Waals surface area contributed by atoms with Crippen LogP contribution in [0.1, 0.15) is 38.8 Å². The molecule has 1 aromatic rings. The molecule has 0 saturated heterocycles. The van der Waals surface area contributed by atoms with Crippen LogP contribution in [0.4, 0.5) is 4.39 Å². The van der Waals surface area contributed by atoms with E-state index < -0.39 is 0 Å². The zero-order valence-electron chi connectivity index (χ0n) is 12.7. The van der Waals surface area contributed by atoms with Gasteiger partial charge >= 0.3 is 0 Å². The van der Waals surface area contributed by atoms with Crippen molar-refractivity contribution in [2.75, 3.05) is 19.6 Å². The number of benzene rings is 1. The van der Waals surface area contributed by atoms with Crippen LogP contribution in [0.25, 0.3) is 0 Å². The Morgan fingerprint density at radius 3 is 2.47 bits per heavy atom. The first-order chi connectivity index (χ1) is 9.06. The van der Waals surface area contributed by atoms with E-state index in [0.29, 0.717) is 12.5 Å². The van der Waals surface area contributed by atoms with Gasteiger partial charge in [-0.05, 0) is 37.2 Å². The Morgan fingerprint density at radius 1 is 1.21 bits per heavy atom. The molecule has 0 amide bonds. The molecule has 0 unspecified atom stereocenters. The fraction of sp³-hybridized carbons (Fsp3) is 0.625. The summed E-state index contributed by atoms with van der Waals surface area (Å²) in [5.74, 6) is 0.537. The maximum absolute atomic E-state index is 13.8. The van der Waals surface area contributed by atoms with Crippen molar-refractivity contribution >= 4 is 0 Å². The third kappa shape index (κ3) is 5.70. The van der Waals surface area contributed by atoms with Crippen LogP contribution in [0.3, 0.4) is 0 Å². The molecule has 0 aliphatic carbocycles. The fourth-order valence-corrected chi connectivity index (χ4v) is 2.05. The topological polar surface area (TPSA) is 15.3 Å². The molecule has 0 fully saturated rings. The molecular formula is C16H27FN2. The molecule has 1 N–H and O–H groups in total. The van der Waals surface area contributed by atoms with Gasteiger partial charge in [-0.15, -0.1) is 0 Å². The Kier molecular flexibility index (Phi) is 7.03. The molecule has 0 saturated carbocycles. The minimum atomic E-state index is -0.0977. The van der Waals surface area contributed by atoms with Gasteiger partial charge in [-0.25, -0.2) is 4.39 Å². The highest BCUT2D eigenvalue weighted by molar-refractivity contribution is 5.25. The third-order valence-corrected chi connectivity index (χ3v) is 3.28. The molecule has 1 aromatic carbocycles. The second-order valence-electron chi connectivity index (χ2n) is 5.41. The zero-order valence-corrected chi connectivity index (χ0v) is 12.7. The highest BCUT2D eigenvalue weighted by Gasteiger charge is 2.07. The number of rotatable bonds is 8. The van der Waals surface area contributed by atoms with Crippen LogP contribution in [0.15, 0.2) is 18.2 Å². The average molecular weight is 266 g/mol. The highest BCUT2D eigenvalue weighted by Crippen LogP contribution is 2.13. The Balaban J connectivity index is 2.65. The van der Waals surface area contributed by atoms with Crippen molar-refractivity contribution in [3.8, 4) is 0 Å². The van der Waals surface area contributed by atoms with Crippen LogP contribution >= 0.6 is 0 Å². The largest absolute Gasteiger partial charge is 0.312 e. The molecule has 0 radical (unpaired) electrons. The maximum atomic E-state index is 13.8. The minimum absolute atomic E-state index is 0.0977. The lowest BCUT2D eigenvalue weighted by atomic mass is 10.1. The van der Waals surface area contributed by atoms with Crippen molar-refractivity contribution in [3.63, 3.8) is 0 Å². The first-order valence-corrected chi connectivity index (χ1v) is 7.27. The van der Waals surface area contributed by atoms with E-state index in [0.717, 1.165) is 37.3 Å². The summed E-state index contributed by atoms with van der Waals surface area (Å²) in [5, 5.41) is 3.39. The summed E-state index contributed by atoms with van der Waals surface area (Å²) in [6.07, 6.45) is 0. The number of hydrogen-bond donors (Lipinski definition) is 1. The van der Waals surface area contributed by atoms with Gasteiger partial charge in [-0.2, -0.15) is 0 Å². The van der Waals surface area contributed by atoms with Crippen LogP contribution in [-0.4, -0.2) is 24.5 Å². The van der Waals surface area contributed by atoms with Crippen molar-refractivity contribution in [3.05, 3.63) is 35.1 Å². The molecule has 108 valence electrons. The van der Waals surface area contributed by atoms with Crippen LogP contribution in [-0.2, 0) is 13.1 Å². The van der Waals surface area contributed by atoms with E-state index >= 15 is 0 Å². The predicted octanol–water partition coefficient (Wildman–Crippen LogP) is 3.41. The van der Waals surface area contributed by atoms with Gasteiger partial charge in [0.15, 0.2) is 0 Å². The quantitative estimate of drug-likeness (QED) is 0.775. The van der Waals surface area contributed by atoms with Gasteiger partial charge in [0.1, 0.15) is 5.82 Å². The minimum Gasteiger partial charge on any atom is -0.312 e. The second kappa shape index (κ2) is 8.28. The van der Waals surface area contributed by atoms with E-state index in [-0.39, 0.29) is 5.82 Å². The average Bonchev–Trinajstić information content (AvgIpc) is 2.38. The lowest BCUT2D eigenvalue weighted by Gasteiger charge is -2.19. The van der Waals surface area contributed by atoms with Crippen molar-refractivity contribution in [2.45, 2.75) is 40.8 Å². The van der Waals surface area contributed by atoms with E-state index in [1.54, 1.807) is 6.07 Å². The van der Waals surface area contributed by atoms with Crippen molar-refractivity contribution in [1.29, 1.82) is 0 Å². The molecular weight excluding hydrogens is 239 g/mol. The summed E-state index contributed by atoms with van der Waals surface area (Å²) in [4.78, 5) is 2.23. The fourth-order valence-electron chi connectivity index (χ4n) is 2.05. The molecule has 2 nitrogen and oxygen atoms in total. The van der Waals surface area contributed by atoms with Crippen LogP contribution in [0.2, 0.25) is 0 Å². The third-order valence-electron chi connectivity index (χ3n) is 3.28. The lowest BCUT2D eigenvalue weighted by molar-refractivity contribution is 0.291. The van der Waals surface area contributed by atoms with Gasteiger partial charge in [0.25, 0.3) is 0 Å². The zero-order chi connectivity index (χ0) is 14.3. The standard InChI is InChI=1S/C16H27FN2/c1-5-19(6-2)12-15-9-14(7-8-16(15)17)11-18-10-13(3)4/h7-9,13,18H,5-6,10-12H2,1-4H3. The van der Waals surface area contributed by atoms with Gasteiger partial charge in [0, 0.05) is 18.7 Å². The smallest absolute Gasteiger partial charge is 0.127 e. The van der Waals surface area contributed by atoms with Crippen molar-refractivity contribution < 1.29 is 4.39 Å². The summed E-state index contributed by atoms with van der Waals surface area (Å²) < 4.78 is 13.8. The van der Waals surface area contributed by atoms with Crippen molar-refractivity contribution in [2.24, 2.45) is 5.92 Å². The van der Waals surface area contributed by atoms with Gasteiger partial charge in [0.05, 0.1) is 0 Å². The molecule has 19 heavy (non-hydrogen) atoms. The van der Waals surface area contributed by atoms with Crippen molar-refractivity contribution in [1.82, 2.24) is 10.2 Å². The number of nitrogens with one attached hydrogen (secondary N) is 1. The number of hydrogen-bond acceptors (Lipinski definition) is 2. The molecule has 0 heterocycles. The Morgan fingerprint density at radius 2 is 1.89 bits per heavy atom. The molecule has 0 spiro atoms. The Labute approximate surface area is 117 Å². The van der Waals surface area contributed by atoms with E-state index in [9.17, 15) is 4.39 Å². The molecule has 0 aliphatic rings. The molecule has 0 atom stereocenters. The second-order valence-corrected chi connectivity index (χ2v) is 5.41.